The van der Waals surface area contributed by atoms with Crippen molar-refractivity contribution in [2.24, 2.45) is 0 Å². The van der Waals surface area contributed by atoms with Gasteiger partial charge in [0.1, 0.15) is 17.2 Å². The highest BCUT2D eigenvalue weighted by molar-refractivity contribution is 5.71. The Morgan fingerprint density at radius 3 is 2.47 bits per heavy atom. The summed E-state index contributed by atoms with van der Waals surface area (Å²) >= 11 is 0. The summed E-state index contributed by atoms with van der Waals surface area (Å²) in [7, 11) is 3.10. The predicted molar refractivity (Wildman–Crippen MR) is 112 cm³/mol. The predicted octanol–water partition coefficient (Wildman–Crippen LogP) is 4.58. The lowest BCUT2D eigenvalue weighted by Gasteiger charge is -2.13. The Kier molecular flexibility index (Phi) is 6.75. The Bertz CT molecular complexity index is 1030. The number of methoxy groups -OCH3 is 2. The Balaban J connectivity index is 1.92. The van der Waals surface area contributed by atoms with Gasteiger partial charge in [-0.2, -0.15) is 4.98 Å². The van der Waals surface area contributed by atoms with E-state index in [1.54, 1.807) is 38.5 Å². The number of ether oxygens (including phenoxy) is 4. The van der Waals surface area contributed by atoms with Gasteiger partial charge in [0.25, 0.3) is 0 Å². The number of rotatable bonds is 9. The van der Waals surface area contributed by atoms with Gasteiger partial charge in [-0.15, -0.1) is 0 Å². The third-order valence-electron chi connectivity index (χ3n) is 4.22. The summed E-state index contributed by atoms with van der Waals surface area (Å²) in [5.74, 6) is 1.61. The van der Waals surface area contributed by atoms with Crippen LogP contribution in [0.5, 0.6) is 29.0 Å². The molecule has 0 fully saturated rings. The van der Waals surface area contributed by atoms with Crippen molar-refractivity contribution in [1.29, 1.82) is 0 Å². The van der Waals surface area contributed by atoms with Crippen LogP contribution in [-0.2, 0) is 11.2 Å². The van der Waals surface area contributed by atoms with Crippen molar-refractivity contribution in [3.05, 3.63) is 60.2 Å². The highest BCUT2D eigenvalue weighted by Crippen LogP contribution is 2.34. The van der Waals surface area contributed by atoms with Gasteiger partial charge in [0, 0.05) is 17.7 Å². The van der Waals surface area contributed by atoms with E-state index in [0.29, 0.717) is 41.2 Å². The molecule has 0 saturated heterocycles. The van der Waals surface area contributed by atoms with Crippen molar-refractivity contribution in [1.82, 2.24) is 4.98 Å². The van der Waals surface area contributed by atoms with Gasteiger partial charge in [-0.3, -0.25) is 4.79 Å². The molecule has 3 rings (SSSR count). The van der Waals surface area contributed by atoms with Crippen molar-refractivity contribution in [3.63, 3.8) is 0 Å². The lowest BCUT2D eigenvalue weighted by atomic mass is 10.1. The molecule has 0 radical (unpaired) electrons. The molecule has 156 valence electrons. The van der Waals surface area contributed by atoms with E-state index in [9.17, 15) is 4.79 Å². The first-order chi connectivity index (χ1) is 14.5. The highest BCUT2D eigenvalue weighted by atomic mass is 16.5. The fourth-order valence-corrected chi connectivity index (χ4v) is 2.99. The monoisotopic (exact) mass is 409 g/mol. The average molecular weight is 409 g/mol. The number of nitrogens with zero attached hydrogens (tertiary/aromatic N) is 1. The molecule has 0 atom stereocenters. The molecule has 1 aromatic heterocycles. The third-order valence-corrected chi connectivity index (χ3v) is 4.22. The van der Waals surface area contributed by atoms with Crippen LogP contribution >= 0.6 is 0 Å². The van der Waals surface area contributed by atoms with E-state index in [1.165, 1.54) is 0 Å². The first-order valence-electron chi connectivity index (χ1n) is 9.38. The van der Waals surface area contributed by atoms with E-state index in [1.807, 2.05) is 37.3 Å². The van der Waals surface area contributed by atoms with Crippen molar-refractivity contribution in [2.75, 3.05) is 20.8 Å². The maximum atomic E-state index is 11.1. The molecule has 0 spiro atoms. The fraction of sp³-hybridized carbons (Fsp3) is 0.217. The van der Waals surface area contributed by atoms with Gasteiger partial charge < -0.3 is 24.1 Å². The van der Waals surface area contributed by atoms with Gasteiger partial charge in [-0.25, -0.2) is 0 Å². The molecule has 3 aromatic rings. The molecule has 0 unspecified atom stereocenters. The first kappa shape index (κ1) is 21.0. The second-order valence-corrected chi connectivity index (χ2v) is 6.36. The minimum absolute atomic E-state index is 0.119. The van der Waals surface area contributed by atoms with Crippen LogP contribution in [0.2, 0.25) is 0 Å². The summed E-state index contributed by atoms with van der Waals surface area (Å²) in [5, 5.41) is 9.11. The number of hydrogen-bond acceptors (Lipinski definition) is 6. The van der Waals surface area contributed by atoms with Crippen molar-refractivity contribution in [3.8, 4) is 40.1 Å². The smallest absolute Gasteiger partial charge is 0.307 e. The van der Waals surface area contributed by atoms with Gasteiger partial charge >= 0.3 is 5.97 Å². The number of carbonyl (C=O) groups is 1. The number of aliphatic carboxylic acids is 1. The highest BCUT2D eigenvalue weighted by Gasteiger charge is 2.12. The molecule has 0 saturated carbocycles. The number of carboxylic acid groups (broad SMARTS) is 1. The zero-order valence-corrected chi connectivity index (χ0v) is 17.0. The fourth-order valence-electron chi connectivity index (χ4n) is 2.99. The summed E-state index contributed by atoms with van der Waals surface area (Å²) in [6.07, 6.45) is -0.119. The average Bonchev–Trinajstić information content (AvgIpc) is 2.73. The largest absolute Gasteiger partial charge is 0.494 e. The Morgan fingerprint density at radius 2 is 1.77 bits per heavy atom. The molecule has 1 heterocycles. The Labute approximate surface area is 174 Å². The van der Waals surface area contributed by atoms with Crippen LogP contribution in [0.15, 0.2) is 54.6 Å². The van der Waals surface area contributed by atoms with Crippen LogP contribution in [-0.4, -0.2) is 36.9 Å². The van der Waals surface area contributed by atoms with Crippen LogP contribution in [0.4, 0.5) is 0 Å². The van der Waals surface area contributed by atoms with E-state index in [4.69, 9.17) is 24.1 Å². The number of hydrogen-bond donors (Lipinski definition) is 1. The maximum absolute atomic E-state index is 11.1. The zero-order chi connectivity index (χ0) is 21.5. The zero-order valence-electron chi connectivity index (χ0n) is 17.0. The van der Waals surface area contributed by atoms with Gasteiger partial charge in [0.2, 0.25) is 11.8 Å². The minimum atomic E-state index is -0.921. The molecule has 0 aliphatic rings. The van der Waals surface area contributed by atoms with E-state index in [2.05, 4.69) is 4.98 Å². The number of benzene rings is 2. The summed E-state index contributed by atoms with van der Waals surface area (Å²) in [6, 6.07) is 16.2. The number of aromatic nitrogens is 1. The molecule has 1 N–H and O–H groups in total. The van der Waals surface area contributed by atoms with Crippen LogP contribution in [0, 0.1) is 0 Å². The van der Waals surface area contributed by atoms with Gasteiger partial charge in [0.15, 0.2) is 0 Å². The van der Waals surface area contributed by atoms with Crippen LogP contribution in [0.3, 0.4) is 0 Å². The summed E-state index contributed by atoms with van der Waals surface area (Å²) < 4.78 is 22.1. The van der Waals surface area contributed by atoms with Crippen molar-refractivity contribution >= 4 is 5.97 Å². The number of pyridine rings is 1. The molecule has 7 heteroatoms. The van der Waals surface area contributed by atoms with E-state index in [-0.39, 0.29) is 6.42 Å². The molecule has 0 amide bonds. The lowest BCUT2D eigenvalue weighted by molar-refractivity contribution is -0.136. The Morgan fingerprint density at radius 1 is 0.967 bits per heavy atom. The lowest BCUT2D eigenvalue weighted by Crippen LogP contribution is -2.01. The van der Waals surface area contributed by atoms with Crippen molar-refractivity contribution in [2.45, 2.75) is 13.3 Å². The maximum Gasteiger partial charge on any atom is 0.307 e. The van der Waals surface area contributed by atoms with Gasteiger partial charge in [-0.05, 0) is 48.4 Å². The normalized spacial score (nSPS) is 10.4. The molecular weight excluding hydrogens is 386 g/mol. The van der Waals surface area contributed by atoms with Crippen LogP contribution < -0.4 is 18.9 Å². The second kappa shape index (κ2) is 9.65. The van der Waals surface area contributed by atoms with Gasteiger partial charge in [0.05, 0.1) is 27.2 Å². The quantitative estimate of drug-likeness (QED) is 0.553. The van der Waals surface area contributed by atoms with Crippen LogP contribution in [0.1, 0.15) is 12.5 Å². The van der Waals surface area contributed by atoms with Crippen LogP contribution in [0.25, 0.3) is 11.1 Å². The van der Waals surface area contributed by atoms with Crippen molar-refractivity contribution < 1.29 is 28.8 Å². The number of carboxylic acids is 1. The van der Waals surface area contributed by atoms with E-state index >= 15 is 0 Å². The molecule has 0 bridgehead atoms. The minimum Gasteiger partial charge on any atom is -0.494 e. The molecule has 30 heavy (non-hydrogen) atoms. The summed E-state index contributed by atoms with van der Waals surface area (Å²) in [5.41, 5.74) is 2.24. The molecule has 0 aliphatic carbocycles. The molecule has 0 aliphatic heterocycles. The summed E-state index contributed by atoms with van der Waals surface area (Å²) in [4.78, 5) is 15.4. The second-order valence-electron chi connectivity index (χ2n) is 6.36. The third kappa shape index (κ3) is 5.20. The summed E-state index contributed by atoms with van der Waals surface area (Å²) in [6.45, 7) is 2.33. The standard InChI is InChI=1S/C23H23NO6/c1-4-29-18-10-15(12-22(25)26)11-19(14-18)30-17-7-5-6-16(13-17)20-8-9-21(27-2)24-23(20)28-3/h5-11,13-14H,4,12H2,1-3H3,(H,25,26). The first-order valence-corrected chi connectivity index (χ1v) is 9.38. The molecule has 2 aromatic carbocycles. The molecular formula is C23H23NO6. The topological polar surface area (TPSA) is 87.1 Å². The molecule has 7 nitrogen and oxygen atoms in total. The van der Waals surface area contributed by atoms with E-state index in [0.717, 1.165) is 11.1 Å². The Hall–Kier alpha value is -3.74. The van der Waals surface area contributed by atoms with E-state index < -0.39 is 5.97 Å². The van der Waals surface area contributed by atoms with Gasteiger partial charge in [-0.1, -0.05) is 12.1 Å². The SMILES string of the molecule is CCOc1cc(CC(=O)O)cc(Oc2cccc(-c3ccc(OC)nc3OC)c2)c1.